The standard InChI is InChI=1S/C25H26N6O2/c1-15-6-24(28-10-19(15)7-26)31-12-18(9-29-31)11-30-13-23(27-8-16(30)2)20-4-5-21-22(17(20)3)14-33-25(21)32/h4-6,9-10,12,16,23,27H,8,11,13-14H2,1-3H3. The average Bonchev–Trinajstić information content (AvgIpc) is 3.43. The van der Waals surface area contributed by atoms with Crippen LogP contribution in [0.25, 0.3) is 5.82 Å². The van der Waals surface area contributed by atoms with E-state index in [-0.39, 0.29) is 12.0 Å². The van der Waals surface area contributed by atoms with Gasteiger partial charge in [-0.1, -0.05) is 6.07 Å². The molecule has 3 aromatic rings. The maximum atomic E-state index is 11.9. The minimum Gasteiger partial charge on any atom is -0.457 e. The second kappa shape index (κ2) is 8.43. The molecule has 8 heteroatoms. The summed E-state index contributed by atoms with van der Waals surface area (Å²) in [5.41, 5.74) is 6.63. The number of fused-ring (bicyclic) bond motifs is 1. The number of pyridine rings is 1. The number of rotatable bonds is 4. The van der Waals surface area contributed by atoms with E-state index in [0.29, 0.717) is 29.6 Å². The Balaban J connectivity index is 1.33. The van der Waals surface area contributed by atoms with Crippen molar-refractivity contribution in [1.29, 1.82) is 5.26 Å². The summed E-state index contributed by atoms with van der Waals surface area (Å²) in [4.78, 5) is 18.7. The molecular weight excluding hydrogens is 416 g/mol. The number of piperazine rings is 1. The van der Waals surface area contributed by atoms with Crippen LogP contribution in [0.3, 0.4) is 0 Å². The Morgan fingerprint density at radius 2 is 2.15 bits per heavy atom. The van der Waals surface area contributed by atoms with Gasteiger partial charge in [-0.05, 0) is 49.6 Å². The second-order valence-corrected chi connectivity index (χ2v) is 8.88. The third-order valence-corrected chi connectivity index (χ3v) is 6.76. The molecule has 1 aromatic carbocycles. The zero-order chi connectivity index (χ0) is 23.1. The van der Waals surface area contributed by atoms with E-state index in [1.54, 1.807) is 10.9 Å². The molecule has 0 saturated carbocycles. The van der Waals surface area contributed by atoms with Gasteiger partial charge in [-0.2, -0.15) is 10.4 Å². The van der Waals surface area contributed by atoms with Crippen LogP contribution in [-0.2, 0) is 17.9 Å². The number of aryl methyl sites for hydroxylation is 1. The van der Waals surface area contributed by atoms with Crippen molar-refractivity contribution in [3.63, 3.8) is 0 Å². The van der Waals surface area contributed by atoms with Crippen molar-refractivity contribution in [2.75, 3.05) is 13.1 Å². The van der Waals surface area contributed by atoms with E-state index >= 15 is 0 Å². The molecule has 2 aliphatic rings. The van der Waals surface area contributed by atoms with Gasteiger partial charge < -0.3 is 10.1 Å². The van der Waals surface area contributed by atoms with Crippen LogP contribution in [0, 0.1) is 25.2 Å². The van der Waals surface area contributed by atoms with Gasteiger partial charge >= 0.3 is 5.97 Å². The molecule has 2 atom stereocenters. The van der Waals surface area contributed by atoms with Crippen molar-refractivity contribution in [2.24, 2.45) is 0 Å². The average molecular weight is 443 g/mol. The summed E-state index contributed by atoms with van der Waals surface area (Å²) in [5, 5.41) is 17.3. The molecule has 8 nitrogen and oxygen atoms in total. The Morgan fingerprint density at radius 3 is 2.94 bits per heavy atom. The number of hydrogen-bond donors (Lipinski definition) is 1. The van der Waals surface area contributed by atoms with Gasteiger partial charge in [0.1, 0.15) is 12.7 Å². The molecule has 33 heavy (non-hydrogen) atoms. The van der Waals surface area contributed by atoms with Gasteiger partial charge in [0.2, 0.25) is 0 Å². The Labute approximate surface area is 192 Å². The minimum atomic E-state index is -0.226. The fourth-order valence-electron chi connectivity index (χ4n) is 4.68. The van der Waals surface area contributed by atoms with E-state index < -0.39 is 0 Å². The number of hydrogen-bond acceptors (Lipinski definition) is 7. The third kappa shape index (κ3) is 3.90. The van der Waals surface area contributed by atoms with E-state index in [9.17, 15) is 4.79 Å². The zero-order valence-electron chi connectivity index (χ0n) is 19.0. The Kier molecular flexibility index (Phi) is 5.44. The lowest BCUT2D eigenvalue weighted by molar-refractivity contribution is 0.0535. The smallest absolute Gasteiger partial charge is 0.338 e. The van der Waals surface area contributed by atoms with Crippen LogP contribution in [0.4, 0.5) is 0 Å². The number of carbonyl (C=O) groups is 1. The summed E-state index contributed by atoms with van der Waals surface area (Å²) in [6, 6.07) is 8.54. The van der Waals surface area contributed by atoms with Gasteiger partial charge in [-0.25, -0.2) is 14.5 Å². The zero-order valence-corrected chi connectivity index (χ0v) is 19.0. The molecule has 0 aliphatic carbocycles. The topological polar surface area (TPSA) is 96.1 Å². The van der Waals surface area contributed by atoms with Crippen molar-refractivity contribution >= 4 is 5.97 Å². The second-order valence-electron chi connectivity index (χ2n) is 8.88. The van der Waals surface area contributed by atoms with E-state index in [2.05, 4.69) is 46.3 Å². The molecule has 0 bridgehead atoms. The predicted molar refractivity (Wildman–Crippen MR) is 122 cm³/mol. The van der Waals surface area contributed by atoms with Crippen LogP contribution in [0.5, 0.6) is 0 Å². The first-order chi connectivity index (χ1) is 15.9. The molecule has 1 fully saturated rings. The maximum absolute atomic E-state index is 11.9. The van der Waals surface area contributed by atoms with Gasteiger partial charge in [0.05, 0.1) is 17.3 Å². The number of nitrogens with zero attached hydrogens (tertiary/aromatic N) is 5. The highest BCUT2D eigenvalue weighted by molar-refractivity contribution is 5.94. The number of cyclic esters (lactones) is 1. The SMILES string of the molecule is Cc1cc(-n2cc(CN3CC(c4ccc5c(c4C)COC5=O)NCC3C)cn2)ncc1C#N. The van der Waals surface area contributed by atoms with Gasteiger partial charge in [0.15, 0.2) is 5.82 Å². The van der Waals surface area contributed by atoms with Crippen LogP contribution < -0.4 is 5.32 Å². The van der Waals surface area contributed by atoms with Crippen LogP contribution in [0.1, 0.15) is 56.7 Å². The number of ether oxygens (including phenoxy) is 1. The highest BCUT2D eigenvalue weighted by Crippen LogP contribution is 2.31. The Morgan fingerprint density at radius 1 is 1.30 bits per heavy atom. The molecule has 0 spiro atoms. The molecule has 4 heterocycles. The molecule has 5 rings (SSSR count). The van der Waals surface area contributed by atoms with Gasteiger partial charge in [-0.15, -0.1) is 0 Å². The van der Waals surface area contributed by atoms with Crippen molar-refractivity contribution in [1.82, 2.24) is 25.0 Å². The van der Waals surface area contributed by atoms with Crippen LogP contribution in [-0.4, -0.2) is 44.8 Å². The summed E-state index contributed by atoms with van der Waals surface area (Å²) < 4.78 is 6.98. The lowest BCUT2D eigenvalue weighted by atomic mass is 9.92. The number of carbonyl (C=O) groups excluding carboxylic acids is 1. The molecule has 1 N–H and O–H groups in total. The van der Waals surface area contributed by atoms with Crippen molar-refractivity contribution in [3.8, 4) is 11.9 Å². The summed E-state index contributed by atoms with van der Waals surface area (Å²) in [7, 11) is 0. The first-order valence-corrected chi connectivity index (χ1v) is 11.1. The van der Waals surface area contributed by atoms with E-state index in [4.69, 9.17) is 10.00 Å². The Bertz CT molecular complexity index is 1270. The lowest BCUT2D eigenvalue weighted by Crippen LogP contribution is -2.51. The molecule has 2 aliphatic heterocycles. The molecule has 1 saturated heterocycles. The van der Waals surface area contributed by atoms with Crippen molar-refractivity contribution in [2.45, 2.75) is 46.0 Å². The largest absolute Gasteiger partial charge is 0.457 e. The summed E-state index contributed by atoms with van der Waals surface area (Å²) >= 11 is 0. The minimum absolute atomic E-state index is 0.181. The number of benzene rings is 1. The molecule has 0 amide bonds. The van der Waals surface area contributed by atoms with Crippen molar-refractivity contribution in [3.05, 3.63) is 75.7 Å². The lowest BCUT2D eigenvalue weighted by Gasteiger charge is -2.39. The first-order valence-electron chi connectivity index (χ1n) is 11.1. The molecule has 2 unspecified atom stereocenters. The Hall–Kier alpha value is -3.54. The van der Waals surface area contributed by atoms with Gasteiger partial charge in [-0.3, -0.25) is 4.90 Å². The number of esters is 1. The number of nitriles is 1. The fraction of sp³-hybridized carbons (Fsp3) is 0.360. The summed E-state index contributed by atoms with van der Waals surface area (Å²) in [6.45, 7) is 9.08. The summed E-state index contributed by atoms with van der Waals surface area (Å²) in [6.07, 6.45) is 5.47. The van der Waals surface area contributed by atoms with E-state index in [1.807, 2.05) is 31.5 Å². The van der Waals surface area contributed by atoms with E-state index in [0.717, 1.165) is 41.9 Å². The molecule has 0 radical (unpaired) electrons. The number of nitrogens with one attached hydrogen (secondary N) is 1. The first kappa shape index (κ1) is 21.3. The van der Waals surface area contributed by atoms with Crippen LogP contribution in [0.2, 0.25) is 0 Å². The summed E-state index contributed by atoms with van der Waals surface area (Å²) in [5.74, 6) is 0.477. The maximum Gasteiger partial charge on any atom is 0.338 e. The quantitative estimate of drug-likeness (QED) is 0.621. The normalized spacial score (nSPS) is 20.4. The highest BCUT2D eigenvalue weighted by Gasteiger charge is 2.30. The van der Waals surface area contributed by atoms with Crippen LogP contribution in [0.15, 0.2) is 36.8 Å². The van der Waals surface area contributed by atoms with Gasteiger partial charge in [0, 0.05) is 55.2 Å². The highest BCUT2D eigenvalue weighted by atomic mass is 16.5. The van der Waals surface area contributed by atoms with Crippen molar-refractivity contribution < 1.29 is 9.53 Å². The van der Waals surface area contributed by atoms with Gasteiger partial charge in [0.25, 0.3) is 0 Å². The molecular formula is C25H26N6O2. The monoisotopic (exact) mass is 442 g/mol. The predicted octanol–water partition coefficient (Wildman–Crippen LogP) is 2.96. The van der Waals surface area contributed by atoms with Crippen LogP contribution >= 0.6 is 0 Å². The fourth-order valence-corrected chi connectivity index (χ4v) is 4.68. The molecule has 168 valence electrons. The number of aromatic nitrogens is 3. The third-order valence-electron chi connectivity index (χ3n) is 6.76. The molecule has 2 aromatic heterocycles. The van der Waals surface area contributed by atoms with E-state index in [1.165, 1.54) is 5.56 Å².